The molecule has 0 aromatic carbocycles. The Labute approximate surface area is 291 Å². The van der Waals surface area contributed by atoms with Crippen molar-refractivity contribution in [1.29, 1.82) is 0 Å². The average molecular weight is 669 g/mol. The maximum atomic E-state index is 2.34. The number of rotatable bonds is 40. The monoisotopic (exact) mass is 669 g/mol. The van der Waals surface area contributed by atoms with E-state index in [1.807, 2.05) is 0 Å². The van der Waals surface area contributed by atoms with Crippen LogP contribution in [0.4, 0.5) is 0 Å². The molecular weight excluding hydrogens is 578 g/mol. The number of hydrogen-bond acceptors (Lipinski definition) is 0. The summed E-state index contributed by atoms with van der Waals surface area (Å²) >= 11 is 0. The minimum absolute atomic E-state index is 0.306. The van der Waals surface area contributed by atoms with E-state index in [0.29, 0.717) is 15.8 Å². The largest absolute Gasteiger partial charge is 0.107 e. The lowest BCUT2D eigenvalue weighted by Gasteiger charge is -2.22. The molecule has 0 rings (SSSR count). The van der Waals surface area contributed by atoms with Gasteiger partial charge in [-0.15, -0.1) is 15.8 Å². The van der Waals surface area contributed by atoms with Gasteiger partial charge in [-0.25, -0.2) is 0 Å². The van der Waals surface area contributed by atoms with Crippen LogP contribution in [-0.2, 0) is 0 Å². The van der Waals surface area contributed by atoms with Crippen LogP contribution in [0.5, 0.6) is 0 Å². The molecule has 0 atom stereocenters. The summed E-state index contributed by atoms with van der Waals surface area (Å²) in [6.07, 6.45) is 58.7. The molecule has 0 N–H and O–H groups in total. The van der Waals surface area contributed by atoms with Crippen molar-refractivity contribution in [1.82, 2.24) is 0 Å². The van der Waals surface area contributed by atoms with E-state index in [9.17, 15) is 0 Å². The Hall–Kier alpha value is 0.860. The highest BCUT2D eigenvalue weighted by atomic mass is 31.1. The fourth-order valence-corrected chi connectivity index (χ4v) is 12.6. The summed E-state index contributed by atoms with van der Waals surface area (Å²) in [6, 6.07) is 0. The van der Waals surface area contributed by atoms with Crippen LogP contribution >= 0.6 is 15.8 Å². The van der Waals surface area contributed by atoms with Gasteiger partial charge >= 0.3 is 0 Å². The van der Waals surface area contributed by atoms with Gasteiger partial charge in [0, 0.05) is 0 Å². The van der Waals surface area contributed by atoms with Gasteiger partial charge in [0.15, 0.2) is 0 Å². The van der Waals surface area contributed by atoms with Gasteiger partial charge in [0.05, 0.1) is 0 Å². The number of hydrogen-bond donors (Lipinski definition) is 0. The summed E-state index contributed by atoms with van der Waals surface area (Å²) < 4.78 is 0. The summed E-state index contributed by atoms with van der Waals surface area (Å²) in [5.41, 5.74) is 0. The molecule has 0 radical (unpaired) electrons. The summed E-state index contributed by atoms with van der Waals surface area (Å²) in [5.74, 6) is 0. The second-order valence-electron chi connectivity index (χ2n) is 14.9. The van der Waals surface area contributed by atoms with Crippen LogP contribution in [0.15, 0.2) is 0 Å². The summed E-state index contributed by atoms with van der Waals surface area (Å²) in [4.78, 5) is 0. The van der Waals surface area contributed by atoms with Crippen molar-refractivity contribution in [3.63, 3.8) is 0 Å². The first-order valence-electron chi connectivity index (χ1n) is 21.7. The fourth-order valence-electron chi connectivity index (χ4n) is 7.07. The predicted octanol–water partition coefficient (Wildman–Crippen LogP) is 16.9. The first-order valence-corrected chi connectivity index (χ1v) is 25.5. The van der Waals surface area contributed by atoms with Gasteiger partial charge in [0.2, 0.25) is 0 Å². The van der Waals surface area contributed by atoms with Crippen molar-refractivity contribution >= 4 is 15.8 Å². The van der Waals surface area contributed by atoms with E-state index in [1.54, 1.807) is 69.1 Å². The lowest BCUT2D eigenvalue weighted by molar-refractivity contribution is 0.583. The molecular formula is C43H90P2. The molecule has 0 fully saturated rings. The fraction of sp³-hybridized carbons (Fsp3) is 1.00. The van der Waals surface area contributed by atoms with E-state index >= 15 is 0 Å². The van der Waals surface area contributed by atoms with Crippen molar-refractivity contribution in [3.05, 3.63) is 0 Å². The van der Waals surface area contributed by atoms with E-state index in [-0.39, 0.29) is 0 Å². The topological polar surface area (TPSA) is 0 Å². The Bertz CT molecular complexity index is 422. The lowest BCUT2D eigenvalue weighted by atomic mass is 10.1. The van der Waals surface area contributed by atoms with Gasteiger partial charge in [-0.2, -0.15) is 0 Å². The van der Waals surface area contributed by atoms with Crippen LogP contribution in [0, 0.1) is 0 Å². The normalized spacial score (nSPS) is 11.9. The first kappa shape index (κ1) is 45.9. The zero-order valence-corrected chi connectivity index (χ0v) is 34.3. The molecule has 0 saturated heterocycles. The smallest absolute Gasteiger partial charge is 0.0323 e. The predicted molar refractivity (Wildman–Crippen MR) is 218 cm³/mol. The maximum absolute atomic E-state index is 2.34. The SMILES string of the molecule is CCCCCCCCCCP(CCCCCCCCCC)CCCP(CCCCCCCCCC)CCCCCCCCCC. The second-order valence-corrected chi connectivity index (χ2v) is 20.3. The molecule has 0 unspecified atom stereocenters. The Kier molecular flexibility index (Phi) is 41.8. The second kappa shape index (κ2) is 41.0. The van der Waals surface area contributed by atoms with Crippen LogP contribution in [0.1, 0.15) is 240 Å². The molecule has 0 aromatic rings. The van der Waals surface area contributed by atoms with E-state index < -0.39 is 0 Å². The highest BCUT2D eigenvalue weighted by Crippen LogP contribution is 2.43. The molecule has 0 aliphatic rings. The van der Waals surface area contributed by atoms with Gasteiger partial charge in [-0.05, 0) is 69.1 Å². The Balaban J connectivity index is 4.55. The van der Waals surface area contributed by atoms with Gasteiger partial charge in [0.25, 0.3) is 0 Å². The molecule has 0 aliphatic carbocycles. The van der Waals surface area contributed by atoms with E-state index in [0.717, 1.165) is 0 Å². The third kappa shape index (κ3) is 37.5. The molecule has 0 nitrogen and oxygen atoms in total. The van der Waals surface area contributed by atoms with Crippen LogP contribution in [0.3, 0.4) is 0 Å². The van der Waals surface area contributed by atoms with Crippen molar-refractivity contribution < 1.29 is 0 Å². The minimum atomic E-state index is 0.306. The Morgan fingerprint density at radius 2 is 0.333 bits per heavy atom. The standard InChI is InChI=1S/C43H90P2/c1-5-9-13-17-21-25-29-33-38-44(39-34-30-26-22-18-14-10-6-2)42-37-43-45(40-35-31-27-23-19-15-11-7-3)41-36-32-28-24-20-16-12-8-4/h5-43H2,1-4H3. The van der Waals surface area contributed by atoms with E-state index in [4.69, 9.17) is 0 Å². The Morgan fingerprint density at radius 3 is 0.533 bits per heavy atom. The summed E-state index contributed by atoms with van der Waals surface area (Å²) in [5, 5.41) is 0. The quantitative estimate of drug-likeness (QED) is 0.0450. The molecule has 0 amide bonds. The van der Waals surface area contributed by atoms with Gasteiger partial charge in [0.1, 0.15) is 0 Å². The zero-order chi connectivity index (χ0) is 32.7. The van der Waals surface area contributed by atoms with E-state index in [2.05, 4.69) is 27.7 Å². The van der Waals surface area contributed by atoms with Gasteiger partial charge < -0.3 is 0 Å². The number of unbranched alkanes of at least 4 members (excludes halogenated alkanes) is 28. The zero-order valence-electron chi connectivity index (χ0n) is 32.5. The first-order chi connectivity index (χ1) is 22.3. The third-order valence-electron chi connectivity index (χ3n) is 10.3. The minimum Gasteiger partial charge on any atom is -0.107 e. The van der Waals surface area contributed by atoms with Crippen LogP contribution in [-0.4, -0.2) is 37.0 Å². The lowest BCUT2D eigenvalue weighted by Crippen LogP contribution is -2.02. The summed E-state index contributed by atoms with van der Waals surface area (Å²) in [7, 11) is 0.612. The van der Waals surface area contributed by atoms with Gasteiger partial charge in [-0.3, -0.25) is 0 Å². The molecule has 0 heterocycles. The van der Waals surface area contributed by atoms with Crippen molar-refractivity contribution in [2.24, 2.45) is 0 Å². The Morgan fingerprint density at radius 1 is 0.178 bits per heavy atom. The molecule has 0 aromatic heterocycles. The average Bonchev–Trinajstić information content (AvgIpc) is 3.05. The highest BCUT2D eigenvalue weighted by Gasteiger charge is 2.12. The third-order valence-corrected chi connectivity index (χ3v) is 16.0. The molecule has 2 heteroatoms. The van der Waals surface area contributed by atoms with E-state index in [1.165, 1.54) is 180 Å². The molecule has 0 aliphatic heterocycles. The molecule has 0 bridgehead atoms. The van der Waals surface area contributed by atoms with Crippen molar-refractivity contribution in [2.75, 3.05) is 37.0 Å². The highest BCUT2D eigenvalue weighted by molar-refractivity contribution is 7.58. The molecule has 272 valence electrons. The summed E-state index contributed by atoms with van der Waals surface area (Å²) in [6.45, 7) is 9.35. The van der Waals surface area contributed by atoms with Crippen molar-refractivity contribution in [2.45, 2.75) is 240 Å². The van der Waals surface area contributed by atoms with Crippen LogP contribution in [0.25, 0.3) is 0 Å². The van der Waals surface area contributed by atoms with Gasteiger partial charge in [-0.1, -0.05) is 207 Å². The van der Waals surface area contributed by atoms with Crippen LogP contribution < -0.4 is 0 Å². The van der Waals surface area contributed by atoms with Crippen molar-refractivity contribution in [3.8, 4) is 0 Å². The maximum Gasteiger partial charge on any atom is -0.0323 e. The molecule has 0 saturated carbocycles. The molecule has 45 heavy (non-hydrogen) atoms. The van der Waals surface area contributed by atoms with Crippen LogP contribution in [0.2, 0.25) is 0 Å². The molecule has 0 spiro atoms.